The molecule has 0 bridgehead atoms. The third kappa shape index (κ3) is 2.29. The van der Waals surface area contributed by atoms with Crippen molar-refractivity contribution in [3.63, 3.8) is 0 Å². The molecule has 3 rings (SSSR count). The normalized spacial score (nSPS) is 20.7. The maximum absolute atomic E-state index is 12.5. The van der Waals surface area contributed by atoms with Gasteiger partial charge in [-0.3, -0.25) is 0 Å². The summed E-state index contributed by atoms with van der Waals surface area (Å²) in [5.41, 5.74) is 0. The van der Waals surface area contributed by atoms with E-state index < -0.39 is 10.0 Å². The minimum atomic E-state index is -3.44. The van der Waals surface area contributed by atoms with E-state index in [0.717, 1.165) is 13.1 Å². The van der Waals surface area contributed by atoms with E-state index in [1.165, 1.54) is 10.4 Å². The maximum atomic E-state index is 12.5. The van der Waals surface area contributed by atoms with Gasteiger partial charge in [-0.15, -0.1) is 0 Å². The fraction of sp³-hybridized carbons (Fsp3) is 0.500. The van der Waals surface area contributed by atoms with Gasteiger partial charge in [-0.2, -0.15) is 4.31 Å². The number of benzene rings is 1. The molecule has 19 heavy (non-hydrogen) atoms. The number of hydrogen-bond acceptors (Lipinski definition) is 5. The lowest BCUT2D eigenvalue weighted by Gasteiger charge is -2.31. The zero-order chi connectivity index (χ0) is 13.5. The summed E-state index contributed by atoms with van der Waals surface area (Å²) in [5.74, 6) is 1.09. The van der Waals surface area contributed by atoms with Gasteiger partial charge in [0.1, 0.15) is 0 Å². The highest BCUT2D eigenvalue weighted by Gasteiger charge is 2.28. The average molecular weight is 284 g/mol. The van der Waals surface area contributed by atoms with Gasteiger partial charge in [0.25, 0.3) is 0 Å². The highest BCUT2D eigenvalue weighted by molar-refractivity contribution is 7.89. The van der Waals surface area contributed by atoms with Gasteiger partial charge < -0.3 is 14.4 Å². The molecule has 1 fully saturated rings. The van der Waals surface area contributed by atoms with E-state index >= 15 is 0 Å². The van der Waals surface area contributed by atoms with Gasteiger partial charge in [0, 0.05) is 32.2 Å². The van der Waals surface area contributed by atoms with Crippen LogP contribution >= 0.6 is 0 Å². The first-order valence-corrected chi connectivity index (χ1v) is 7.60. The van der Waals surface area contributed by atoms with Crippen molar-refractivity contribution >= 4 is 10.0 Å². The number of sulfonamides is 1. The number of rotatable bonds is 2. The molecule has 7 heteroatoms. The Kier molecular flexibility index (Phi) is 3.12. The molecule has 1 aromatic carbocycles. The molecule has 0 unspecified atom stereocenters. The lowest BCUT2D eigenvalue weighted by atomic mass is 10.3. The van der Waals surface area contributed by atoms with Crippen molar-refractivity contribution in [2.45, 2.75) is 4.90 Å². The van der Waals surface area contributed by atoms with Crippen LogP contribution in [-0.4, -0.2) is 57.6 Å². The molecule has 0 N–H and O–H groups in total. The summed E-state index contributed by atoms with van der Waals surface area (Å²) in [4.78, 5) is 2.38. The van der Waals surface area contributed by atoms with Gasteiger partial charge in [0.05, 0.1) is 4.90 Å². The second-order valence-corrected chi connectivity index (χ2v) is 6.66. The molecule has 0 atom stereocenters. The second kappa shape index (κ2) is 4.66. The molecular weight excluding hydrogens is 268 g/mol. The fourth-order valence-electron chi connectivity index (χ4n) is 2.21. The lowest BCUT2D eigenvalue weighted by Crippen LogP contribution is -2.46. The summed E-state index contributed by atoms with van der Waals surface area (Å²) in [6.07, 6.45) is 0. The summed E-state index contributed by atoms with van der Waals surface area (Å²) in [5, 5.41) is 0. The second-order valence-electron chi connectivity index (χ2n) is 4.72. The van der Waals surface area contributed by atoms with Crippen molar-refractivity contribution in [3.05, 3.63) is 18.2 Å². The van der Waals surface area contributed by atoms with Gasteiger partial charge in [0.15, 0.2) is 11.5 Å². The van der Waals surface area contributed by atoms with Crippen molar-refractivity contribution in [1.82, 2.24) is 9.21 Å². The third-order valence-corrected chi connectivity index (χ3v) is 5.34. The molecular formula is C12H16N2O4S. The monoisotopic (exact) mass is 284 g/mol. The van der Waals surface area contributed by atoms with Crippen molar-refractivity contribution in [2.75, 3.05) is 40.0 Å². The summed E-state index contributed by atoms with van der Waals surface area (Å²) in [6.45, 7) is 2.70. The molecule has 6 nitrogen and oxygen atoms in total. The van der Waals surface area contributed by atoms with Crippen LogP contribution in [0.3, 0.4) is 0 Å². The van der Waals surface area contributed by atoms with E-state index in [1.54, 1.807) is 12.1 Å². The average Bonchev–Trinajstić information content (AvgIpc) is 2.86. The van der Waals surface area contributed by atoms with E-state index in [2.05, 4.69) is 4.90 Å². The maximum Gasteiger partial charge on any atom is 0.243 e. The minimum absolute atomic E-state index is 0.146. The molecule has 1 saturated heterocycles. The number of nitrogens with zero attached hydrogens (tertiary/aromatic N) is 2. The highest BCUT2D eigenvalue weighted by Crippen LogP contribution is 2.34. The van der Waals surface area contributed by atoms with E-state index in [9.17, 15) is 8.42 Å². The first-order valence-electron chi connectivity index (χ1n) is 6.16. The minimum Gasteiger partial charge on any atom is -0.454 e. The van der Waals surface area contributed by atoms with Crippen LogP contribution in [0.1, 0.15) is 0 Å². The Bertz CT molecular complexity index is 579. The van der Waals surface area contributed by atoms with Gasteiger partial charge in [-0.05, 0) is 19.2 Å². The molecule has 104 valence electrons. The van der Waals surface area contributed by atoms with Crippen molar-refractivity contribution in [3.8, 4) is 11.5 Å². The van der Waals surface area contributed by atoms with Crippen LogP contribution in [0.25, 0.3) is 0 Å². The summed E-state index contributed by atoms with van der Waals surface area (Å²) in [7, 11) is -1.45. The van der Waals surface area contributed by atoms with E-state index in [4.69, 9.17) is 9.47 Å². The van der Waals surface area contributed by atoms with Crippen LogP contribution in [-0.2, 0) is 10.0 Å². The molecule has 2 aliphatic rings. The van der Waals surface area contributed by atoms with Crippen molar-refractivity contribution in [1.29, 1.82) is 0 Å². The Hall–Kier alpha value is -1.31. The quantitative estimate of drug-likeness (QED) is 0.784. The fourth-order valence-corrected chi connectivity index (χ4v) is 3.65. The number of piperazine rings is 1. The number of likely N-dealkylation sites (N-methyl/N-ethyl adjacent to an activating group) is 1. The van der Waals surface area contributed by atoms with Gasteiger partial charge in [-0.25, -0.2) is 8.42 Å². The van der Waals surface area contributed by atoms with Crippen molar-refractivity contribution < 1.29 is 17.9 Å². The van der Waals surface area contributed by atoms with Crippen LogP contribution in [0.5, 0.6) is 11.5 Å². The molecule has 0 radical (unpaired) electrons. The summed E-state index contributed by atoms with van der Waals surface area (Å²) in [6, 6.07) is 4.75. The Morgan fingerprint density at radius 2 is 1.74 bits per heavy atom. The largest absolute Gasteiger partial charge is 0.454 e. The van der Waals surface area contributed by atoms with E-state index in [1.807, 2.05) is 7.05 Å². The SMILES string of the molecule is CN1CCN(S(=O)(=O)c2ccc3c(c2)OCO3)CC1. The highest BCUT2D eigenvalue weighted by atomic mass is 32.2. The van der Waals surface area contributed by atoms with Crippen LogP contribution < -0.4 is 9.47 Å². The van der Waals surface area contributed by atoms with E-state index in [-0.39, 0.29) is 11.7 Å². The number of fused-ring (bicyclic) bond motifs is 1. The molecule has 0 aliphatic carbocycles. The molecule has 2 heterocycles. The molecule has 0 saturated carbocycles. The van der Waals surface area contributed by atoms with Gasteiger partial charge in [0.2, 0.25) is 16.8 Å². The predicted molar refractivity (Wildman–Crippen MR) is 68.8 cm³/mol. The lowest BCUT2D eigenvalue weighted by molar-refractivity contribution is 0.174. The first-order chi connectivity index (χ1) is 9.07. The van der Waals surface area contributed by atoms with Gasteiger partial charge in [-0.1, -0.05) is 0 Å². The zero-order valence-electron chi connectivity index (χ0n) is 10.7. The Labute approximate surface area is 112 Å². The molecule has 0 spiro atoms. The molecule has 2 aliphatic heterocycles. The smallest absolute Gasteiger partial charge is 0.243 e. The van der Waals surface area contributed by atoms with Gasteiger partial charge >= 0.3 is 0 Å². The summed E-state index contributed by atoms with van der Waals surface area (Å²) >= 11 is 0. The van der Waals surface area contributed by atoms with Crippen LogP contribution in [0.15, 0.2) is 23.1 Å². The predicted octanol–water partition coefficient (Wildman–Crippen LogP) is 0.351. The zero-order valence-corrected chi connectivity index (χ0v) is 11.5. The van der Waals surface area contributed by atoms with Crippen molar-refractivity contribution in [2.24, 2.45) is 0 Å². The Morgan fingerprint density at radius 3 is 2.47 bits per heavy atom. The first kappa shape index (κ1) is 12.7. The summed E-state index contributed by atoms with van der Waals surface area (Å²) < 4.78 is 36.9. The Balaban J connectivity index is 1.88. The molecule has 1 aromatic rings. The number of hydrogen-bond donors (Lipinski definition) is 0. The topological polar surface area (TPSA) is 59.1 Å². The number of ether oxygens (including phenoxy) is 2. The Morgan fingerprint density at radius 1 is 1.05 bits per heavy atom. The van der Waals surface area contributed by atoms with Crippen LogP contribution in [0.2, 0.25) is 0 Å². The molecule has 0 amide bonds. The van der Waals surface area contributed by atoms with Crippen LogP contribution in [0, 0.1) is 0 Å². The third-order valence-electron chi connectivity index (χ3n) is 3.44. The van der Waals surface area contributed by atoms with Crippen LogP contribution in [0.4, 0.5) is 0 Å². The molecule has 0 aromatic heterocycles. The van der Waals surface area contributed by atoms with E-state index in [0.29, 0.717) is 24.6 Å². The standard InChI is InChI=1S/C12H16N2O4S/c1-13-4-6-14(7-5-13)19(15,16)10-2-3-11-12(8-10)18-9-17-11/h2-3,8H,4-7,9H2,1H3.